The predicted molar refractivity (Wildman–Crippen MR) is 110 cm³/mol. The van der Waals surface area contributed by atoms with E-state index >= 15 is 0 Å². The third-order valence-electron chi connectivity index (χ3n) is 5.14. The van der Waals surface area contributed by atoms with Crippen LogP contribution in [0.2, 0.25) is 0 Å². The molecule has 1 aromatic carbocycles. The molecule has 1 aliphatic heterocycles. The standard InChI is InChI=1S/C20H20FN7O/c21-12-4-5-16-14(9-12)17(11-27(16)8-2-6-22)28-19(25-26-20(28)29)15-10-24-18-13(15)3-1-7-23-18/h1,3-5,7,9-11,20,26,29H,2,6,8,22H2,(H,23,24). The van der Waals surface area contributed by atoms with Crippen molar-refractivity contribution in [3.8, 4) is 0 Å². The number of aliphatic hydroxyl groups is 1. The number of aliphatic hydroxyl groups excluding tert-OH is 1. The summed E-state index contributed by atoms with van der Waals surface area (Å²) < 4.78 is 16.1. The second kappa shape index (κ2) is 6.87. The highest BCUT2D eigenvalue weighted by molar-refractivity contribution is 6.19. The first-order valence-corrected chi connectivity index (χ1v) is 9.39. The van der Waals surface area contributed by atoms with Gasteiger partial charge in [-0.25, -0.2) is 9.37 Å². The number of pyridine rings is 1. The lowest BCUT2D eigenvalue weighted by molar-refractivity contribution is 0.159. The van der Waals surface area contributed by atoms with Gasteiger partial charge in [0.15, 0.2) is 5.84 Å². The molecule has 9 heteroatoms. The number of hydrazone groups is 1. The van der Waals surface area contributed by atoms with Gasteiger partial charge in [0.1, 0.15) is 11.5 Å². The van der Waals surface area contributed by atoms with Crippen LogP contribution in [0.3, 0.4) is 0 Å². The zero-order valence-corrected chi connectivity index (χ0v) is 15.5. The fourth-order valence-corrected chi connectivity index (χ4v) is 3.81. The number of anilines is 1. The molecule has 0 aliphatic carbocycles. The summed E-state index contributed by atoms with van der Waals surface area (Å²) in [6, 6.07) is 8.43. The number of fused-ring (bicyclic) bond motifs is 2. The van der Waals surface area contributed by atoms with Gasteiger partial charge in [-0.15, -0.1) is 0 Å². The van der Waals surface area contributed by atoms with E-state index in [1.807, 2.05) is 22.9 Å². The lowest BCUT2D eigenvalue weighted by Crippen LogP contribution is -2.40. The summed E-state index contributed by atoms with van der Waals surface area (Å²) in [5, 5.41) is 16.6. The Kier molecular flexibility index (Phi) is 4.18. The van der Waals surface area contributed by atoms with Crippen molar-refractivity contribution in [2.75, 3.05) is 11.4 Å². The quantitative estimate of drug-likeness (QED) is 0.415. The third-order valence-corrected chi connectivity index (χ3v) is 5.14. The van der Waals surface area contributed by atoms with Gasteiger partial charge in [-0.3, -0.25) is 10.3 Å². The van der Waals surface area contributed by atoms with Gasteiger partial charge in [-0.2, -0.15) is 5.10 Å². The minimum Gasteiger partial charge on any atom is -0.355 e. The summed E-state index contributed by atoms with van der Waals surface area (Å²) in [5.41, 5.74) is 11.4. The Labute approximate surface area is 165 Å². The fraction of sp³-hybridized carbons (Fsp3) is 0.200. The molecule has 1 atom stereocenters. The van der Waals surface area contributed by atoms with Crippen LogP contribution in [0.15, 0.2) is 54.0 Å². The molecule has 5 rings (SSSR count). The van der Waals surface area contributed by atoms with Gasteiger partial charge in [0.2, 0.25) is 6.35 Å². The van der Waals surface area contributed by atoms with Crippen molar-refractivity contribution in [1.29, 1.82) is 0 Å². The monoisotopic (exact) mass is 393 g/mol. The molecule has 0 spiro atoms. The molecule has 0 bridgehead atoms. The third kappa shape index (κ3) is 2.82. The van der Waals surface area contributed by atoms with E-state index in [-0.39, 0.29) is 5.82 Å². The van der Waals surface area contributed by atoms with Crippen LogP contribution in [-0.4, -0.2) is 38.4 Å². The second-order valence-electron chi connectivity index (χ2n) is 6.92. The molecule has 5 N–H and O–H groups in total. The molecule has 3 aromatic heterocycles. The van der Waals surface area contributed by atoms with Crippen LogP contribution in [0.1, 0.15) is 12.0 Å². The molecule has 29 heavy (non-hydrogen) atoms. The van der Waals surface area contributed by atoms with Crippen molar-refractivity contribution in [2.24, 2.45) is 10.8 Å². The van der Waals surface area contributed by atoms with E-state index in [0.717, 1.165) is 28.5 Å². The average Bonchev–Trinajstić information content (AvgIpc) is 3.41. The molecular weight excluding hydrogens is 373 g/mol. The molecule has 0 fully saturated rings. The van der Waals surface area contributed by atoms with Gasteiger partial charge in [0.25, 0.3) is 0 Å². The zero-order chi connectivity index (χ0) is 20.0. The summed E-state index contributed by atoms with van der Waals surface area (Å²) in [6.45, 7) is 1.25. The second-order valence-corrected chi connectivity index (χ2v) is 6.92. The summed E-state index contributed by atoms with van der Waals surface area (Å²) in [6.07, 6.45) is 5.12. The molecule has 4 heterocycles. The summed E-state index contributed by atoms with van der Waals surface area (Å²) >= 11 is 0. The first kappa shape index (κ1) is 17.7. The number of amidine groups is 1. The first-order valence-electron chi connectivity index (χ1n) is 9.39. The van der Waals surface area contributed by atoms with E-state index in [2.05, 4.69) is 20.5 Å². The van der Waals surface area contributed by atoms with Crippen molar-refractivity contribution in [3.05, 3.63) is 60.3 Å². The van der Waals surface area contributed by atoms with Crippen molar-refractivity contribution in [1.82, 2.24) is 20.0 Å². The maximum atomic E-state index is 14.1. The van der Waals surface area contributed by atoms with Crippen LogP contribution in [0, 0.1) is 5.82 Å². The fourth-order valence-electron chi connectivity index (χ4n) is 3.81. The van der Waals surface area contributed by atoms with Gasteiger partial charge in [-0.05, 0) is 43.3 Å². The minimum absolute atomic E-state index is 0.341. The number of hydrogen-bond acceptors (Lipinski definition) is 6. The molecule has 1 aliphatic rings. The van der Waals surface area contributed by atoms with Gasteiger partial charge in [0, 0.05) is 41.5 Å². The number of H-pyrrole nitrogens is 1. The first-order chi connectivity index (χ1) is 14.2. The number of hydrogen-bond donors (Lipinski definition) is 4. The Balaban J connectivity index is 1.66. The van der Waals surface area contributed by atoms with Crippen LogP contribution in [-0.2, 0) is 6.54 Å². The van der Waals surface area contributed by atoms with Crippen LogP contribution in [0.4, 0.5) is 10.1 Å². The Bertz CT molecular complexity index is 1230. The average molecular weight is 393 g/mol. The molecule has 1 unspecified atom stereocenters. The highest BCUT2D eigenvalue weighted by Crippen LogP contribution is 2.34. The maximum Gasteiger partial charge on any atom is 0.226 e. The summed E-state index contributed by atoms with van der Waals surface area (Å²) in [4.78, 5) is 9.10. The smallest absolute Gasteiger partial charge is 0.226 e. The van der Waals surface area contributed by atoms with Crippen LogP contribution in [0.25, 0.3) is 21.9 Å². The van der Waals surface area contributed by atoms with E-state index in [9.17, 15) is 9.50 Å². The SMILES string of the molecule is NCCCn1cc(N2C(c3c[nH]c4ncccc34)=NNC2O)c2cc(F)ccc21. The van der Waals surface area contributed by atoms with Crippen LogP contribution in [0.5, 0.6) is 0 Å². The Morgan fingerprint density at radius 2 is 2.14 bits per heavy atom. The van der Waals surface area contributed by atoms with Gasteiger partial charge in [0.05, 0.1) is 11.2 Å². The van der Waals surface area contributed by atoms with Crippen LogP contribution < -0.4 is 16.1 Å². The lowest BCUT2D eigenvalue weighted by Gasteiger charge is -2.22. The van der Waals surface area contributed by atoms with E-state index < -0.39 is 6.35 Å². The highest BCUT2D eigenvalue weighted by atomic mass is 19.1. The largest absolute Gasteiger partial charge is 0.355 e. The summed E-state index contributed by atoms with van der Waals surface area (Å²) in [7, 11) is 0. The van der Waals surface area contributed by atoms with E-state index in [0.29, 0.717) is 30.0 Å². The number of halogens is 1. The maximum absolute atomic E-state index is 14.1. The minimum atomic E-state index is -1.08. The molecule has 0 radical (unpaired) electrons. The number of nitrogens with one attached hydrogen (secondary N) is 2. The molecule has 0 saturated carbocycles. The van der Waals surface area contributed by atoms with Crippen LogP contribution >= 0.6 is 0 Å². The molecule has 8 nitrogen and oxygen atoms in total. The van der Waals surface area contributed by atoms with Gasteiger partial charge >= 0.3 is 0 Å². The number of aryl methyl sites for hydroxylation is 1. The van der Waals surface area contributed by atoms with E-state index in [1.54, 1.807) is 23.4 Å². The summed E-state index contributed by atoms with van der Waals surface area (Å²) in [5.74, 6) is 0.186. The van der Waals surface area contributed by atoms with Crippen molar-refractivity contribution in [3.63, 3.8) is 0 Å². The van der Waals surface area contributed by atoms with Gasteiger partial charge < -0.3 is 20.4 Å². The van der Waals surface area contributed by atoms with Crippen molar-refractivity contribution < 1.29 is 9.50 Å². The van der Waals surface area contributed by atoms with E-state index in [1.165, 1.54) is 12.1 Å². The number of nitrogens with two attached hydrogens (primary N) is 1. The number of nitrogens with zero attached hydrogens (tertiary/aromatic N) is 4. The predicted octanol–water partition coefficient (Wildman–Crippen LogP) is 2.05. The molecule has 148 valence electrons. The molecule has 4 aromatic rings. The lowest BCUT2D eigenvalue weighted by atomic mass is 10.1. The van der Waals surface area contributed by atoms with Crippen molar-refractivity contribution >= 4 is 33.5 Å². The molecular formula is C20H20FN7O. The Morgan fingerprint density at radius 3 is 3.00 bits per heavy atom. The number of aromatic amines is 1. The number of rotatable bonds is 5. The number of benzene rings is 1. The van der Waals surface area contributed by atoms with Crippen molar-refractivity contribution in [2.45, 2.75) is 19.3 Å². The Hall–Kier alpha value is -3.43. The number of aromatic nitrogens is 3. The highest BCUT2D eigenvalue weighted by Gasteiger charge is 2.32. The van der Waals surface area contributed by atoms with E-state index in [4.69, 9.17) is 5.73 Å². The normalized spacial score (nSPS) is 16.6. The topological polar surface area (TPSA) is 107 Å². The Morgan fingerprint density at radius 1 is 1.24 bits per heavy atom. The molecule has 0 saturated heterocycles. The zero-order valence-electron chi connectivity index (χ0n) is 15.5. The van der Waals surface area contributed by atoms with Gasteiger partial charge in [-0.1, -0.05) is 0 Å². The molecule has 0 amide bonds.